The molecule has 1 fully saturated rings. The van der Waals surface area contributed by atoms with Gasteiger partial charge in [0.25, 0.3) is 10.0 Å². The van der Waals surface area contributed by atoms with E-state index >= 15 is 0 Å². The van der Waals surface area contributed by atoms with Crippen molar-refractivity contribution in [2.45, 2.75) is 75.9 Å². The molecule has 1 aliphatic carbocycles. The lowest BCUT2D eigenvalue weighted by atomic mass is 9.95. The number of hydrogen-bond donors (Lipinski definition) is 1. The molecule has 1 saturated carbocycles. The maximum atomic E-state index is 14.3. The molecule has 7 nitrogen and oxygen atoms in total. The molecule has 1 N–H and O–H groups in total. The molecule has 3 aromatic carbocycles. The predicted molar refractivity (Wildman–Crippen MR) is 168 cm³/mol. The quantitative estimate of drug-likeness (QED) is 0.254. The van der Waals surface area contributed by atoms with Crippen LogP contribution in [0.4, 0.5) is 5.69 Å². The van der Waals surface area contributed by atoms with Gasteiger partial charge >= 0.3 is 0 Å². The van der Waals surface area contributed by atoms with Crippen molar-refractivity contribution in [1.82, 2.24) is 10.2 Å². The number of aryl methyl sites for hydroxylation is 1. The highest BCUT2D eigenvalue weighted by molar-refractivity contribution is 7.92. The molecule has 3 aromatic rings. The van der Waals surface area contributed by atoms with Gasteiger partial charge in [0.1, 0.15) is 12.6 Å². The number of nitrogens with one attached hydrogen (secondary N) is 1. The average Bonchev–Trinajstić information content (AvgIpc) is 2.98. The number of para-hydroxylation sites is 1. The van der Waals surface area contributed by atoms with Crippen LogP contribution >= 0.6 is 23.2 Å². The van der Waals surface area contributed by atoms with Crippen LogP contribution in [0.25, 0.3) is 0 Å². The zero-order valence-corrected chi connectivity index (χ0v) is 26.3. The lowest BCUT2D eigenvalue weighted by Crippen LogP contribution is -2.54. The van der Waals surface area contributed by atoms with Crippen LogP contribution in [0.2, 0.25) is 10.0 Å². The minimum Gasteiger partial charge on any atom is -0.352 e. The first-order chi connectivity index (χ1) is 20.1. The number of amides is 2. The topological polar surface area (TPSA) is 86.8 Å². The highest BCUT2D eigenvalue weighted by Gasteiger charge is 2.35. The van der Waals surface area contributed by atoms with Crippen molar-refractivity contribution >= 4 is 50.7 Å². The largest absolute Gasteiger partial charge is 0.352 e. The Balaban J connectivity index is 1.72. The summed E-state index contributed by atoms with van der Waals surface area (Å²) < 4.78 is 29.1. The molecule has 2 amide bonds. The van der Waals surface area contributed by atoms with E-state index in [0.717, 1.165) is 36.4 Å². The molecule has 0 aromatic heterocycles. The summed E-state index contributed by atoms with van der Waals surface area (Å²) in [6.45, 7) is 3.19. The number of carbonyl (C=O) groups is 2. The Kier molecular flexibility index (Phi) is 10.9. The number of benzene rings is 3. The van der Waals surface area contributed by atoms with E-state index in [-0.39, 0.29) is 23.4 Å². The maximum absolute atomic E-state index is 14.3. The van der Waals surface area contributed by atoms with E-state index in [0.29, 0.717) is 33.3 Å². The van der Waals surface area contributed by atoms with E-state index in [1.807, 2.05) is 13.0 Å². The summed E-state index contributed by atoms with van der Waals surface area (Å²) in [6, 6.07) is 19.2. The van der Waals surface area contributed by atoms with Gasteiger partial charge in [-0.05, 0) is 73.7 Å². The summed E-state index contributed by atoms with van der Waals surface area (Å²) in [6.07, 6.45) is 5.42. The first kappa shape index (κ1) is 31.9. The third-order valence-corrected chi connectivity index (χ3v) is 10.1. The van der Waals surface area contributed by atoms with Crippen molar-refractivity contribution in [3.8, 4) is 0 Å². The summed E-state index contributed by atoms with van der Waals surface area (Å²) in [7, 11) is -4.18. The molecule has 0 radical (unpaired) electrons. The Morgan fingerprint density at radius 3 is 2.21 bits per heavy atom. The van der Waals surface area contributed by atoms with E-state index in [1.165, 1.54) is 29.2 Å². The second kappa shape index (κ2) is 14.4. The number of halogens is 2. The summed E-state index contributed by atoms with van der Waals surface area (Å²) >= 11 is 12.5. The Morgan fingerprint density at radius 2 is 1.57 bits per heavy atom. The smallest absolute Gasteiger partial charge is 0.264 e. The van der Waals surface area contributed by atoms with Gasteiger partial charge in [0.15, 0.2) is 0 Å². The zero-order chi connectivity index (χ0) is 30.3. The van der Waals surface area contributed by atoms with Gasteiger partial charge in [-0.15, -0.1) is 0 Å². The van der Waals surface area contributed by atoms with Gasteiger partial charge in [0.2, 0.25) is 11.8 Å². The second-order valence-electron chi connectivity index (χ2n) is 10.6. The SMILES string of the molecule is CCC(C(=O)NC1CCCCC1)N(Cc1ccccc1Cl)C(=O)CN(c1ccccc1C)S(=O)(=O)c1ccc(Cl)cc1. The number of hydrogen-bond acceptors (Lipinski definition) is 4. The Hall–Kier alpha value is -3.07. The van der Waals surface area contributed by atoms with Crippen LogP contribution in [0.5, 0.6) is 0 Å². The molecule has 10 heteroatoms. The van der Waals surface area contributed by atoms with E-state index in [4.69, 9.17) is 23.2 Å². The molecule has 0 saturated heterocycles. The fourth-order valence-corrected chi connectivity index (χ4v) is 7.16. The molecule has 0 heterocycles. The number of sulfonamides is 1. The van der Waals surface area contributed by atoms with Crippen molar-refractivity contribution in [1.29, 1.82) is 0 Å². The summed E-state index contributed by atoms with van der Waals surface area (Å²) in [5.74, 6) is -0.755. The lowest BCUT2D eigenvalue weighted by molar-refractivity contribution is -0.140. The van der Waals surface area contributed by atoms with Gasteiger partial charge in [-0.2, -0.15) is 0 Å². The molecule has 0 bridgehead atoms. The molecule has 42 heavy (non-hydrogen) atoms. The van der Waals surface area contributed by atoms with Gasteiger partial charge < -0.3 is 10.2 Å². The minimum absolute atomic E-state index is 0.00249. The Bertz CT molecular complexity index is 1490. The Labute approximate surface area is 258 Å². The van der Waals surface area contributed by atoms with Gasteiger partial charge in [-0.3, -0.25) is 13.9 Å². The van der Waals surface area contributed by atoms with Gasteiger partial charge in [0.05, 0.1) is 10.6 Å². The van der Waals surface area contributed by atoms with Crippen LogP contribution < -0.4 is 9.62 Å². The van der Waals surface area contributed by atoms with Crippen LogP contribution in [-0.2, 0) is 26.2 Å². The summed E-state index contributed by atoms with van der Waals surface area (Å²) in [5.41, 5.74) is 1.72. The van der Waals surface area contributed by atoms with Crippen LogP contribution in [0.3, 0.4) is 0 Å². The monoisotopic (exact) mass is 629 g/mol. The number of rotatable bonds is 11. The Morgan fingerprint density at radius 1 is 0.929 bits per heavy atom. The molecular formula is C32H37Cl2N3O4S. The molecule has 1 atom stereocenters. The number of nitrogens with zero attached hydrogens (tertiary/aromatic N) is 2. The second-order valence-corrected chi connectivity index (χ2v) is 13.3. The van der Waals surface area contributed by atoms with Gasteiger partial charge in [0, 0.05) is 22.6 Å². The highest BCUT2D eigenvalue weighted by Crippen LogP contribution is 2.29. The van der Waals surface area contributed by atoms with E-state index in [1.54, 1.807) is 49.4 Å². The van der Waals surface area contributed by atoms with Gasteiger partial charge in [-0.25, -0.2) is 8.42 Å². The number of anilines is 1. The predicted octanol–water partition coefficient (Wildman–Crippen LogP) is 6.75. The summed E-state index contributed by atoms with van der Waals surface area (Å²) in [4.78, 5) is 29.4. The number of carbonyl (C=O) groups excluding carboxylic acids is 2. The summed E-state index contributed by atoms with van der Waals surface area (Å²) in [5, 5.41) is 4.01. The normalized spacial score (nSPS) is 14.7. The third kappa shape index (κ3) is 7.65. The minimum atomic E-state index is -4.18. The van der Waals surface area contributed by atoms with Crippen LogP contribution in [0, 0.1) is 6.92 Å². The highest BCUT2D eigenvalue weighted by atomic mass is 35.5. The molecule has 0 spiro atoms. The standard InChI is InChI=1S/C32H37Cl2N3O4S/c1-3-29(32(39)35-26-13-5-4-6-14-26)36(21-24-12-8-9-15-28(24)34)31(38)22-37(30-16-10-7-11-23(30)2)42(40,41)27-19-17-25(33)18-20-27/h7-12,15-20,26,29H,3-6,13-14,21-22H2,1-2H3,(H,35,39). The van der Waals surface area contributed by atoms with E-state index in [9.17, 15) is 18.0 Å². The van der Waals surface area contributed by atoms with Crippen LogP contribution in [-0.4, -0.2) is 43.8 Å². The van der Waals surface area contributed by atoms with Crippen molar-refractivity contribution < 1.29 is 18.0 Å². The molecule has 224 valence electrons. The van der Waals surface area contributed by atoms with Crippen molar-refractivity contribution in [2.75, 3.05) is 10.8 Å². The molecule has 1 aliphatic rings. The average molecular weight is 631 g/mol. The van der Waals surface area contributed by atoms with Crippen molar-refractivity contribution in [3.63, 3.8) is 0 Å². The van der Waals surface area contributed by atoms with E-state index in [2.05, 4.69) is 5.32 Å². The van der Waals surface area contributed by atoms with Gasteiger partial charge in [-0.1, -0.05) is 85.8 Å². The molecular weight excluding hydrogens is 593 g/mol. The fourth-order valence-electron chi connectivity index (χ4n) is 5.36. The maximum Gasteiger partial charge on any atom is 0.264 e. The van der Waals surface area contributed by atoms with Crippen LogP contribution in [0.15, 0.2) is 77.7 Å². The zero-order valence-electron chi connectivity index (χ0n) is 23.9. The third-order valence-electron chi connectivity index (χ3n) is 7.70. The molecule has 0 aliphatic heterocycles. The van der Waals surface area contributed by atoms with Crippen molar-refractivity contribution in [3.05, 3.63) is 94.0 Å². The lowest BCUT2D eigenvalue weighted by Gasteiger charge is -2.35. The first-order valence-electron chi connectivity index (χ1n) is 14.3. The van der Waals surface area contributed by atoms with E-state index < -0.39 is 28.5 Å². The molecule has 1 unspecified atom stereocenters. The first-order valence-corrected chi connectivity index (χ1v) is 16.5. The van der Waals surface area contributed by atoms with Crippen LogP contribution in [0.1, 0.15) is 56.6 Å². The fraction of sp³-hybridized carbons (Fsp3) is 0.375. The van der Waals surface area contributed by atoms with Crippen molar-refractivity contribution in [2.24, 2.45) is 0 Å². The molecule has 4 rings (SSSR count).